The number of hydrogen-bond acceptors (Lipinski definition) is 4. The Morgan fingerprint density at radius 1 is 1.18 bits per heavy atom. The molecule has 0 fully saturated rings. The summed E-state index contributed by atoms with van der Waals surface area (Å²) >= 11 is 0. The lowest BCUT2D eigenvalue weighted by Crippen LogP contribution is -2.13. The monoisotopic (exact) mass is 232 g/mol. The minimum atomic E-state index is -0.444. The van der Waals surface area contributed by atoms with Gasteiger partial charge in [-0.25, -0.2) is 14.4 Å². The smallest absolute Gasteiger partial charge is 0.229 e. The second-order valence-electron chi connectivity index (χ2n) is 3.63. The van der Waals surface area contributed by atoms with E-state index in [0.29, 0.717) is 12.5 Å². The minimum Gasteiger partial charge on any atom is -0.326 e. The highest BCUT2D eigenvalue weighted by Crippen LogP contribution is 2.19. The molecule has 1 heterocycles. The molecule has 0 aliphatic rings. The first-order chi connectivity index (χ1) is 8.20. The van der Waals surface area contributed by atoms with Crippen molar-refractivity contribution in [3.05, 3.63) is 48.0 Å². The number of nitrogens with two attached hydrogens (primary N) is 1. The first-order valence-electron chi connectivity index (χ1n) is 5.21. The van der Waals surface area contributed by atoms with Gasteiger partial charge in [0.15, 0.2) is 5.82 Å². The molecule has 2 N–H and O–H groups in total. The highest BCUT2D eigenvalue weighted by Gasteiger charge is 2.06. The van der Waals surface area contributed by atoms with E-state index in [9.17, 15) is 4.39 Å². The van der Waals surface area contributed by atoms with Crippen LogP contribution < -0.4 is 10.6 Å². The van der Waals surface area contributed by atoms with Gasteiger partial charge in [0.2, 0.25) is 5.95 Å². The zero-order valence-corrected chi connectivity index (χ0v) is 9.47. The Balaban J connectivity index is 2.23. The molecule has 4 nitrogen and oxygen atoms in total. The third-order valence-electron chi connectivity index (χ3n) is 2.47. The third-order valence-corrected chi connectivity index (χ3v) is 2.47. The fourth-order valence-corrected chi connectivity index (χ4v) is 1.45. The van der Waals surface area contributed by atoms with E-state index in [-0.39, 0.29) is 0 Å². The summed E-state index contributed by atoms with van der Waals surface area (Å²) in [5, 5.41) is 0. The summed E-state index contributed by atoms with van der Waals surface area (Å²) in [6.07, 6.45) is 2.29. The maximum Gasteiger partial charge on any atom is 0.229 e. The predicted octanol–water partition coefficient (Wildman–Crippen LogP) is 1.84. The van der Waals surface area contributed by atoms with E-state index in [1.54, 1.807) is 4.90 Å². The molecule has 2 aromatic rings. The van der Waals surface area contributed by atoms with Crippen molar-refractivity contribution in [3.8, 4) is 0 Å². The van der Waals surface area contributed by atoms with Crippen LogP contribution in [0.25, 0.3) is 0 Å². The van der Waals surface area contributed by atoms with E-state index in [2.05, 4.69) is 9.97 Å². The summed E-state index contributed by atoms with van der Waals surface area (Å²) < 4.78 is 12.7. The van der Waals surface area contributed by atoms with E-state index in [0.717, 1.165) is 23.6 Å². The SMILES string of the molecule is CN(c1ccc(CN)cc1)c1ncc(F)cn1. The number of anilines is 2. The number of nitrogens with zero attached hydrogens (tertiary/aromatic N) is 3. The van der Waals surface area contributed by atoms with E-state index >= 15 is 0 Å². The molecule has 2 rings (SSSR count). The van der Waals surface area contributed by atoms with Gasteiger partial charge >= 0.3 is 0 Å². The van der Waals surface area contributed by atoms with E-state index in [1.807, 2.05) is 31.3 Å². The average Bonchev–Trinajstić information content (AvgIpc) is 2.39. The molecule has 17 heavy (non-hydrogen) atoms. The quantitative estimate of drug-likeness (QED) is 0.877. The maximum absolute atomic E-state index is 12.7. The van der Waals surface area contributed by atoms with Crippen LogP contribution in [-0.2, 0) is 6.54 Å². The fraction of sp³-hybridized carbons (Fsp3) is 0.167. The Hall–Kier alpha value is -2.01. The van der Waals surface area contributed by atoms with Crippen LogP contribution in [0, 0.1) is 5.82 Å². The van der Waals surface area contributed by atoms with Gasteiger partial charge in [-0.3, -0.25) is 0 Å². The zero-order valence-electron chi connectivity index (χ0n) is 9.47. The molecule has 5 heteroatoms. The lowest BCUT2D eigenvalue weighted by Gasteiger charge is -2.16. The van der Waals surface area contributed by atoms with Gasteiger partial charge in [0.1, 0.15) is 0 Å². The van der Waals surface area contributed by atoms with Crippen molar-refractivity contribution in [2.75, 3.05) is 11.9 Å². The van der Waals surface area contributed by atoms with Crippen molar-refractivity contribution in [2.45, 2.75) is 6.54 Å². The normalized spacial score (nSPS) is 10.3. The van der Waals surface area contributed by atoms with Crippen LogP contribution in [0.3, 0.4) is 0 Å². The van der Waals surface area contributed by atoms with Crippen molar-refractivity contribution < 1.29 is 4.39 Å². The number of rotatable bonds is 3. The summed E-state index contributed by atoms with van der Waals surface area (Å²) in [5.41, 5.74) is 7.51. The molecule has 0 aliphatic carbocycles. The van der Waals surface area contributed by atoms with Gasteiger partial charge in [-0.15, -0.1) is 0 Å². The summed E-state index contributed by atoms with van der Waals surface area (Å²) in [5.74, 6) is 0.00697. The van der Waals surface area contributed by atoms with Crippen molar-refractivity contribution in [2.24, 2.45) is 5.73 Å². The lowest BCUT2D eigenvalue weighted by molar-refractivity contribution is 0.613. The molecule has 0 saturated heterocycles. The van der Waals surface area contributed by atoms with Crippen molar-refractivity contribution in [1.29, 1.82) is 0 Å². The molecule has 0 unspecified atom stereocenters. The van der Waals surface area contributed by atoms with Gasteiger partial charge in [-0.2, -0.15) is 0 Å². The van der Waals surface area contributed by atoms with Crippen LogP contribution in [0.2, 0.25) is 0 Å². The lowest BCUT2D eigenvalue weighted by atomic mass is 10.2. The molecule has 88 valence electrons. The number of hydrogen-bond donors (Lipinski definition) is 1. The van der Waals surface area contributed by atoms with Crippen molar-refractivity contribution in [3.63, 3.8) is 0 Å². The number of halogens is 1. The van der Waals surface area contributed by atoms with Gasteiger partial charge in [0, 0.05) is 19.3 Å². The van der Waals surface area contributed by atoms with Gasteiger partial charge in [0.05, 0.1) is 12.4 Å². The van der Waals surface area contributed by atoms with E-state index in [1.165, 1.54) is 0 Å². The van der Waals surface area contributed by atoms with Gasteiger partial charge < -0.3 is 10.6 Å². The number of aromatic nitrogens is 2. The first kappa shape index (κ1) is 11.5. The topological polar surface area (TPSA) is 55.0 Å². The molecule has 1 aromatic carbocycles. The Kier molecular flexibility index (Phi) is 3.30. The maximum atomic E-state index is 12.7. The van der Waals surface area contributed by atoms with Crippen LogP contribution in [-0.4, -0.2) is 17.0 Å². The predicted molar refractivity (Wildman–Crippen MR) is 64.4 cm³/mol. The molecule has 0 radical (unpaired) electrons. The largest absolute Gasteiger partial charge is 0.326 e. The van der Waals surface area contributed by atoms with Crippen molar-refractivity contribution in [1.82, 2.24) is 9.97 Å². The summed E-state index contributed by atoms with van der Waals surface area (Å²) in [6.45, 7) is 0.511. The Labute approximate surface area is 98.9 Å². The van der Waals surface area contributed by atoms with Crippen LogP contribution >= 0.6 is 0 Å². The summed E-state index contributed by atoms with van der Waals surface area (Å²) in [7, 11) is 1.82. The van der Waals surface area contributed by atoms with Crippen LogP contribution in [0.5, 0.6) is 0 Å². The fourth-order valence-electron chi connectivity index (χ4n) is 1.45. The van der Waals surface area contributed by atoms with Gasteiger partial charge in [-0.1, -0.05) is 12.1 Å². The zero-order chi connectivity index (χ0) is 12.3. The molecule has 0 saturated carbocycles. The standard InChI is InChI=1S/C12H13FN4/c1-17(12-15-7-10(13)8-16-12)11-4-2-9(6-14)3-5-11/h2-5,7-8H,6,14H2,1H3. The van der Waals surface area contributed by atoms with Crippen LogP contribution in [0.15, 0.2) is 36.7 Å². The van der Waals surface area contributed by atoms with Gasteiger partial charge in [-0.05, 0) is 17.7 Å². The number of benzene rings is 1. The van der Waals surface area contributed by atoms with E-state index in [4.69, 9.17) is 5.73 Å². The summed E-state index contributed by atoms with van der Waals surface area (Å²) in [6, 6.07) is 7.73. The molecule has 0 bridgehead atoms. The molecular weight excluding hydrogens is 219 g/mol. The third kappa shape index (κ3) is 2.57. The highest BCUT2D eigenvalue weighted by molar-refractivity contribution is 5.56. The van der Waals surface area contributed by atoms with Gasteiger partial charge in [0.25, 0.3) is 0 Å². The Morgan fingerprint density at radius 2 is 1.76 bits per heavy atom. The minimum absolute atomic E-state index is 0.444. The average molecular weight is 232 g/mol. The van der Waals surface area contributed by atoms with Crippen LogP contribution in [0.4, 0.5) is 16.0 Å². The molecule has 0 aliphatic heterocycles. The molecule has 1 aromatic heterocycles. The molecule has 0 atom stereocenters. The second-order valence-corrected chi connectivity index (χ2v) is 3.63. The molecule has 0 amide bonds. The highest BCUT2D eigenvalue weighted by atomic mass is 19.1. The second kappa shape index (κ2) is 4.88. The summed E-state index contributed by atoms with van der Waals surface area (Å²) in [4.78, 5) is 9.60. The molecular formula is C12H13FN4. The van der Waals surface area contributed by atoms with Crippen LogP contribution in [0.1, 0.15) is 5.56 Å². The Bertz CT molecular complexity index is 481. The first-order valence-corrected chi connectivity index (χ1v) is 5.21. The molecule has 0 spiro atoms. The van der Waals surface area contributed by atoms with E-state index < -0.39 is 5.82 Å². The Morgan fingerprint density at radius 3 is 2.29 bits per heavy atom. The van der Waals surface area contributed by atoms with Crippen molar-refractivity contribution >= 4 is 11.6 Å².